The molecule has 1 unspecified atom stereocenters. The molecular weight excluding hydrogens is 603 g/mol. The molecule has 16 heteroatoms. The lowest BCUT2D eigenvalue weighted by Crippen LogP contribution is -2.51. The number of esters is 1. The minimum absolute atomic E-state index is 0.0456. The number of nitrogens with zero attached hydrogens (tertiary/aromatic N) is 1. The zero-order valence-corrected chi connectivity index (χ0v) is 24.0. The Morgan fingerprint density at radius 2 is 1.86 bits per heavy atom. The van der Waals surface area contributed by atoms with Gasteiger partial charge in [-0.15, -0.1) is 0 Å². The Morgan fingerprint density at radius 1 is 1.19 bits per heavy atom. The molecule has 2 aliphatic heterocycles. The van der Waals surface area contributed by atoms with Gasteiger partial charge in [0.25, 0.3) is 6.43 Å². The van der Waals surface area contributed by atoms with Crippen LogP contribution in [0.2, 0.25) is 0 Å². The zero-order valence-electron chi connectivity index (χ0n) is 23.1. The van der Waals surface area contributed by atoms with E-state index in [1.165, 1.54) is 13.0 Å². The number of hydrogen-bond donors (Lipinski definition) is 2. The smallest absolute Gasteiger partial charge is 0.459 e. The maximum absolute atomic E-state index is 15.5. The molecule has 0 radical (unpaired) electrons. The summed E-state index contributed by atoms with van der Waals surface area (Å²) >= 11 is 0. The van der Waals surface area contributed by atoms with Gasteiger partial charge in [-0.1, -0.05) is 36.4 Å². The number of carbonyl (C=O) groups excluding carboxylic acids is 3. The number of fused-ring (bicyclic) bond motifs is 1. The molecule has 234 valence electrons. The Balaban J connectivity index is 1.66. The third kappa shape index (κ3) is 6.75. The van der Waals surface area contributed by atoms with Crippen LogP contribution in [0.4, 0.5) is 17.6 Å². The van der Waals surface area contributed by atoms with Crippen molar-refractivity contribution in [1.29, 1.82) is 0 Å². The molecule has 0 aromatic heterocycles. The van der Waals surface area contributed by atoms with E-state index in [4.69, 9.17) is 18.5 Å². The van der Waals surface area contributed by atoms with Crippen molar-refractivity contribution in [2.24, 2.45) is 0 Å². The Hall–Kier alpha value is -3.36. The molecular formula is C27H29F4N2O9P. The highest BCUT2D eigenvalue weighted by atomic mass is 31.2. The van der Waals surface area contributed by atoms with Gasteiger partial charge in [-0.2, -0.15) is 5.09 Å². The minimum Gasteiger partial charge on any atom is -0.462 e. The lowest BCUT2D eigenvalue weighted by molar-refractivity contribution is -0.193. The third-order valence-electron chi connectivity index (χ3n) is 6.65. The van der Waals surface area contributed by atoms with Crippen molar-refractivity contribution >= 4 is 36.2 Å². The zero-order chi connectivity index (χ0) is 31.7. The number of aliphatic hydroxyl groups is 1. The number of Topliss-reactive ketones (excluding diaryl/α,β-unsaturated/α-hetero) is 1. The number of benzene rings is 2. The van der Waals surface area contributed by atoms with Crippen LogP contribution in [0, 0.1) is 0 Å². The van der Waals surface area contributed by atoms with E-state index in [9.17, 15) is 37.2 Å². The van der Waals surface area contributed by atoms with Crippen LogP contribution in [0.5, 0.6) is 5.75 Å². The molecule has 1 saturated heterocycles. The van der Waals surface area contributed by atoms with E-state index < -0.39 is 86.9 Å². The van der Waals surface area contributed by atoms with Crippen molar-refractivity contribution in [1.82, 2.24) is 9.99 Å². The van der Waals surface area contributed by atoms with Gasteiger partial charge < -0.3 is 19.1 Å². The highest BCUT2D eigenvalue weighted by Gasteiger charge is 2.64. The maximum Gasteiger partial charge on any atom is 0.459 e. The van der Waals surface area contributed by atoms with Gasteiger partial charge >= 0.3 is 13.7 Å². The second-order valence-electron chi connectivity index (χ2n) is 10.2. The molecule has 0 bridgehead atoms. The average Bonchev–Trinajstić information content (AvgIpc) is 3.20. The minimum atomic E-state index is -4.87. The molecule has 0 saturated carbocycles. The third-order valence-corrected chi connectivity index (χ3v) is 8.26. The molecule has 2 heterocycles. The second-order valence-corrected chi connectivity index (χ2v) is 11.9. The number of aliphatic hydroxyl groups excluding tert-OH is 1. The average molecular weight is 633 g/mol. The van der Waals surface area contributed by atoms with Crippen molar-refractivity contribution in [3.8, 4) is 5.75 Å². The Labute approximate surface area is 243 Å². The molecule has 2 aliphatic rings. The summed E-state index contributed by atoms with van der Waals surface area (Å²) in [6, 6.07) is 9.97. The molecule has 11 nitrogen and oxygen atoms in total. The number of amides is 1. The first kappa shape index (κ1) is 32.6. The molecule has 1 amide bonds. The number of ketones is 1. The van der Waals surface area contributed by atoms with E-state index in [-0.39, 0.29) is 5.75 Å². The van der Waals surface area contributed by atoms with Gasteiger partial charge in [0.1, 0.15) is 17.9 Å². The van der Waals surface area contributed by atoms with Crippen LogP contribution in [-0.4, -0.2) is 76.9 Å². The lowest BCUT2D eigenvalue weighted by Gasteiger charge is -2.33. The van der Waals surface area contributed by atoms with E-state index >= 15 is 4.39 Å². The molecule has 1 fully saturated rings. The summed E-state index contributed by atoms with van der Waals surface area (Å²) < 4.78 is 93.6. The molecule has 2 aromatic rings. The fraction of sp³-hybridized carbons (Fsp3) is 0.444. The normalized spacial score (nSPS) is 26.5. The van der Waals surface area contributed by atoms with Crippen LogP contribution in [0.15, 0.2) is 54.5 Å². The fourth-order valence-electron chi connectivity index (χ4n) is 4.46. The number of allylic oxidation sites excluding steroid dienone is 1. The van der Waals surface area contributed by atoms with E-state index in [2.05, 4.69) is 5.09 Å². The largest absolute Gasteiger partial charge is 0.462 e. The molecule has 43 heavy (non-hydrogen) atoms. The summed E-state index contributed by atoms with van der Waals surface area (Å²) in [6.45, 7) is 2.83. The predicted octanol–water partition coefficient (Wildman–Crippen LogP) is 3.94. The molecule has 0 aliphatic carbocycles. The first-order chi connectivity index (χ1) is 20.2. The molecule has 2 N–H and O–H groups in total. The molecule has 2 aromatic carbocycles. The van der Waals surface area contributed by atoms with Crippen molar-refractivity contribution in [2.75, 3.05) is 6.61 Å². The predicted molar refractivity (Wildman–Crippen MR) is 142 cm³/mol. The monoisotopic (exact) mass is 632 g/mol. The van der Waals surface area contributed by atoms with E-state index in [1.54, 1.807) is 50.2 Å². The number of hydrogen-bond acceptors (Lipinski definition) is 9. The van der Waals surface area contributed by atoms with E-state index in [0.29, 0.717) is 21.9 Å². The highest BCUT2D eigenvalue weighted by Crippen LogP contribution is 2.50. The quantitative estimate of drug-likeness (QED) is 0.162. The van der Waals surface area contributed by atoms with Crippen molar-refractivity contribution in [3.63, 3.8) is 0 Å². The van der Waals surface area contributed by atoms with Crippen LogP contribution in [0.25, 0.3) is 10.8 Å². The van der Waals surface area contributed by atoms with E-state index in [1.807, 2.05) is 0 Å². The number of alkyl halides is 3. The topological polar surface area (TPSA) is 141 Å². The van der Waals surface area contributed by atoms with Crippen LogP contribution in [0.1, 0.15) is 27.2 Å². The van der Waals surface area contributed by atoms with Gasteiger partial charge in [-0.25, -0.2) is 22.1 Å². The first-order valence-corrected chi connectivity index (χ1v) is 14.6. The summed E-state index contributed by atoms with van der Waals surface area (Å²) in [6.07, 6.45) is -12.6. The Bertz CT molecular complexity index is 1470. The molecule has 0 spiro atoms. The summed E-state index contributed by atoms with van der Waals surface area (Å²) in [5.41, 5.74) is -3.35. The van der Waals surface area contributed by atoms with Gasteiger partial charge in [0.2, 0.25) is 11.7 Å². The first-order valence-electron chi connectivity index (χ1n) is 13.1. The van der Waals surface area contributed by atoms with Crippen LogP contribution >= 0.6 is 7.75 Å². The van der Waals surface area contributed by atoms with Gasteiger partial charge in [0.15, 0.2) is 23.8 Å². The summed E-state index contributed by atoms with van der Waals surface area (Å²) in [5.74, 6) is -4.71. The number of nitrogens with one attached hydrogen (secondary N) is 1. The number of ether oxygens (including phenoxy) is 2. The standard InChI is InChI=1S/C27H29F4N2O9P/c1-14(2)40-25(37)15(3)32-43(38,42-20-10-6-8-16-7-4-5-9-17(16)20)39-13-27(26(30)31)23(29)22(36)24(41-27)33-12-18(28)19(34)11-21(33)35/h4-10,12,14-15,22-24,26,36H,11,13H2,1-3H3,(H,32,38)/t15-,22+,23+,24+,27+,43?/m0/s1. The summed E-state index contributed by atoms with van der Waals surface area (Å²) in [4.78, 5) is 36.6. The van der Waals surface area contributed by atoms with Crippen LogP contribution < -0.4 is 9.61 Å². The van der Waals surface area contributed by atoms with Gasteiger partial charge in [0, 0.05) is 11.6 Å². The Kier molecular flexibility index (Phi) is 9.62. The van der Waals surface area contributed by atoms with Crippen molar-refractivity contribution < 1.29 is 60.1 Å². The molecule has 6 atom stereocenters. The second kappa shape index (κ2) is 12.7. The maximum atomic E-state index is 15.5. The number of halogens is 4. The lowest BCUT2D eigenvalue weighted by atomic mass is 9.98. The SMILES string of the molecule is CC(C)OC(=O)[C@H](C)NP(=O)(OC[C@@]1(C(F)F)O[C@@H](N2C=C(F)C(=O)CC2=O)[C@H](O)[C@H]1F)Oc1cccc2ccccc12. The van der Waals surface area contributed by atoms with Crippen molar-refractivity contribution in [3.05, 3.63) is 54.5 Å². The van der Waals surface area contributed by atoms with Gasteiger partial charge in [-0.05, 0) is 32.2 Å². The summed E-state index contributed by atoms with van der Waals surface area (Å²) in [5, 5.41) is 13.8. The van der Waals surface area contributed by atoms with Gasteiger partial charge in [0.05, 0.1) is 19.1 Å². The molecule has 4 rings (SSSR count). The van der Waals surface area contributed by atoms with E-state index in [0.717, 1.165) is 0 Å². The number of rotatable bonds is 11. The highest BCUT2D eigenvalue weighted by molar-refractivity contribution is 7.52. The number of carbonyl (C=O) groups is 3. The van der Waals surface area contributed by atoms with Crippen LogP contribution in [0.3, 0.4) is 0 Å². The van der Waals surface area contributed by atoms with Crippen molar-refractivity contribution in [2.45, 2.75) is 69.9 Å². The van der Waals surface area contributed by atoms with Gasteiger partial charge in [-0.3, -0.25) is 23.8 Å². The Morgan fingerprint density at radius 3 is 2.53 bits per heavy atom. The fourth-order valence-corrected chi connectivity index (χ4v) is 6.01. The van der Waals surface area contributed by atoms with Crippen LogP contribution in [-0.2, 0) is 32.9 Å². The summed E-state index contributed by atoms with van der Waals surface area (Å²) in [7, 11) is -4.87.